The number of Topliss-reactive ketones (excluding diaryl/α,β-unsaturated/α-hetero) is 1. The van der Waals surface area contributed by atoms with E-state index >= 15 is 0 Å². The zero-order valence-electron chi connectivity index (χ0n) is 19.3. The molecule has 7 nitrogen and oxygen atoms in total. The third kappa shape index (κ3) is 3.27. The Labute approximate surface area is 197 Å². The first-order chi connectivity index (χ1) is 16.4. The van der Waals surface area contributed by atoms with Gasteiger partial charge in [0, 0.05) is 29.9 Å². The summed E-state index contributed by atoms with van der Waals surface area (Å²) in [6.45, 7) is 4.20. The molecule has 2 aromatic carbocycles. The molecular formula is C27H24N4O3. The highest BCUT2D eigenvalue weighted by Crippen LogP contribution is 2.50. The molecule has 2 aliphatic rings. The van der Waals surface area contributed by atoms with Crippen molar-refractivity contribution in [2.24, 2.45) is 5.41 Å². The lowest BCUT2D eigenvalue weighted by Crippen LogP contribution is -2.33. The number of hydrogen-bond acceptors (Lipinski definition) is 6. The van der Waals surface area contributed by atoms with Crippen LogP contribution in [0.5, 0.6) is 11.6 Å². The van der Waals surface area contributed by atoms with Gasteiger partial charge in [0.2, 0.25) is 5.88 Å². The van der Waals surface area contributed by atoms with Crippen LogP contribution in [0.4, 0.5) is 0 Å². The van der Waals surface area contributed by atoms with E-state index in [1.54, 1.807) is 18.0 Å². The molecule has 0 bridgehead atoms. The van der Waals surface area contributed by atoms with Gasteiger partial charge in [0.15, 0.2) is 17.3 Å². The van der Waals surface area contributed by atoms with Crippen LogP contribution in [-0.4, -0.2) is 32.5 Å². The predicted molar refractivity (Wildman–Crippen MR) is 127 cm³/mol. The van der Waals surface area contributed by atoms with Crippen LogP contribution < -0.4 is 9.47 Å². The summed E-state index contributed by atoms with van der Waals surface area (Å²) < 4.78 is 13.2. The zero-order valence-corrected chi connectivity index (χ0v) is 19.3. The molecule has 3 heterocycles. The van der Waals surface area contributed by atoms with E-state index in [0.29, 0.717) is 41.5 Å². The van der Waals surface area contributed by atoms with Crippen LogP contribution in [-0.2, 0) is 4.79 Å². The van der Waals surface area contributed by atoms with Gasteiger partial charge in [-0.15, -0.1) is 5.10 Å². The largest absolute Gasteiger partial charge is 0.497 e. The van der Waals surface area contributed by atoms with E-state index in [1.165, 1.54) is 0 Å². The number of methoxy groups -OCH3 is 1. The van der Waals surface area contributed by atoms with Gasteiger partial charge < -0.3 is 9.47 Å². The fourth-order valence-electron chi connectivity index (χ4n) is 4.99. The Balaban J connectivity index is 1.56. The molecule has 34 heavy (non-hydrogen) atoms. The number of hydrogen-bond donors (Lipinski definition) is 0. The van der Waals surface area contributed by atoms with Gasteiger partial charge in [-0.25, -0.2) is 14.5 Å². The summed E-state index contributed by atoms with van der Waals surface area (Å²) in [5, 5.41) is 4.67. The Morgan fingerprint density at radius 3 is 2.56 bits per heavy atom. The van der Waals surface area contributed by atoms with Crippen molar-refractivity contribution in [3.05, 3.63) is 83.4 Å². The topological polar surface area (TPSA) is 78.6 Å². The number of ketones is 1. The van der Waals surface area contributed by atoms with Gasteiger partial charge in [0.1, 0.15) is 17.8 Å². The summed E-state index contributed by atoms with van der Waals surface area (Å²) in [6, 6.07) is 17.6. The average Bonchev–Trinajstić information content (AvgIpc) is 3.27. The van der Waals surface area contributed by atoms with Crippen LogP contribution in [0.2, 0.25) is 0 Å². The number of benzene rings is 2. The second-order valence-electron chi connectivity index (χ2n) is 9.62. The first-order valence-electron chi connectivity index (χ1n) is 11.3. The van der Waals surface area contributed by atoms with Gasteiger partial charge in [-0.1, -0.05) is 44.2 Å². The van der Waals surface area contributed by atoms with E-state index in [4.69, 9.17) is 14.5 Å². The maximum absolute atomic E-state index is 13.4. The molecule has 2 aromatic heterocycles. The number of aromatic nitrogens is 4. The van der Waals surface area contributed by atoms with Gasteiger partial charge in [-0.2, -0.15) is 0 Å². The van der Waals surface area contributed by atoms with E-state index in [9.17, 15) is 4.79 Å². The molecule has 170 valence electrons. The normalized spacial score (nSPS) is 18.9. The summed E-state index contributed by atoms with van der Waals surface area (Å²) in [6.07, 6.45) is 2.79. The van der Waals surface area contributed by atoms with E-state index in [0.717, 1.165) is 22.4 Å². The molecule has 0 amide bonds. The Bertz CT molecular complexity index is 1450. The molecule has 0 radical (unpaired) electrons. The standard InChI is InChI=1S/C27H24N4O3/c1-27(2)13-19(32)22-20(14-27)34-26-23(21(22)16-7-5-4-6-8-16)25-29-24(30-31(25)15-28-26)17-9-11-18(33-3)12-10-17/h4-12,15,21H,13-14H2,1-3H3/t21-/m0/s1. The second kappa shape index (κ2) is 7.52. The number of carbonyl (C=O) groups is 1. The van der Waals surface area contributed by atoms with Gasteiger partial charge in [-0.3, -0.25) is 4.79 Å². The van der Waals surface area contributed by atoms with Crippen molar-refractivity contribution in [1.29, 1.82) is 0 Å². The molecule has 1 atom stereocenters. The highest BCUT2D eigenvalue weighted by Gasteiger charge is 2.43. The van der Waals surface area contributed by atoms with Gasteiger partial charge in [-0.05, 0) is 35.2 Å². The molecule has 4 aromatic rings. The predicted octanol–water partition coefficient (Wildman–Crippen LogP) is 4.97. The van der Waals surface area contributed by atoms with Crippen molar-refractivity contribution in [1.82, 2.24) is 19.6 Å². The fourth-order valence-corrected chi connectivity index (χ4v) is 4.99. The Morgan fingerprint density at radius 1 is 1.06 bits per heavy atom. The molecule has 0 spiro atoms. The fraction of sp³-hybridized carbons (Fsp3) is 0.259. The highest BCUT2D eigenvalue weighted by molar-refractivity contribution is 6.00. The van der Waals surface area contributed by atoms with Gasteiger partial charge in [0.05, 0.1) is 12.7 Å². The second-order valence-corrected chi connectivity index (χ2v) is 9.62. The van der Waals surface area contributed by atoms with E-state index in [1.807, 2.05) is 54.6 Å². The number of ether oxygens (including phenoxy) is 2. The van der Waals surface area contributed by atoms with Crippen molar-refractivity contribution in [2.45, 2.75) is 32.6 Å². The average molecular weight is 453 g/mol. The highest BCUT2D eigenvalue weighted by atomic mass is 16.5. The summed E-state index contributed by atoms with van der Waals surface area (Å²) in [7, 11) is 1.64. The minimum absolute atomic E-state index is 0.114. The van der Waals surface area contributed by atoms with Crippen LogP contribution in [0.25, 0.3) is 17.0 Å². The molecule has 1 aliphatic carbocycles. The third-order valence-electron chi connectivity index (χ3n) is 6.54. The maximum atomic E-state index is 13.4. The van der Waals surface area contributed by atoms with Crippen molar-refractivity contribution >= 4 is 11.4 Å². The number of carbonyl (C=O) groups excluding carboxylic acids is 1. The summed E-state index contributed by atoms with van der Waals surface area (Å²) in [5.41, 5.74) is 3.83. The lowest BCUT2D eigenvalue weighted by atomic mass is 9.70. The van der Waals surface area contributed by atoms with Crippen molar-refractivity contribution in [3.63, 3.8) is 0 Å². The molecule has 1 aliphatic heterocycles. The first-order valence-corrected chi connectivity index (χ1v) is 11.3. The van der Waals surface area contributed by atoms with Crippen LogP contribution in [0.3, 0.4) is 0 Å². The van der Waals surface area contributed by atoms with Gasteiger partial charge in [0.25, 0.3) is 0 Å². The third-order valence-corrected chi connectivity index (χ3v) is 6.54. The zero-order chi connectivity index (χ0) is 23.4. The van der Waals surface area contributed by atoms with E-state index < -0.39 is 0 Å². The number of rotatable bonds is 3. The summed E-state index contributed by atoms with van der Waals surface area (Å²) in [5.74, 6) is 2.34. The minimum Gasteiger partial charge on any atom is -0.497 e. The molecule has 0 saturated heterocycles. The smallest absolute Gasteiger partial charge is 0.228 e. The van der Waals surface area contributed by atoms with Crippen molar-refractivity contribution < 1.29 is 14.3 Å². The SMILES string of the molecule is COc1ccc(-c2nc3c4c(ncn3n2)OC2=C(C(=O)CC(C)(C)C2)[C@@H]4c2ccccc2)cc1. The quantitative estimate of drug-likeness (QED) is 0.437. The summed E-state index contributed by atoms with van der Waals surface area (Å²) >= 11 is 0. The van der Waals surface area contributed by atoms with Crippen LogP contribution in [0, 0.1) is 5.41 Å². The Morgan fingerprint density at radius 2 is 1.82 bits per heavy atom. The molecule has 0 N–H and O–H groups in total. The van der Waals surface area contributed by atoms with Crippen molar-refractivity contribution in [3.8, 4) is 23.0 Å². The first kappa shape index (κ1) is 20.6. The van der Waals surface area contributed by atoms with E-state index in [-0.39, 0.29) is 17.1 Å². The van der Waals surface area contributed by atoms with E-state index in [2.05, 4.69) is 23.9 Å². The number of allylic oxidation sites excluding steroid dienone is 2. The lowest BCUT2D eigenvalue weighted by molar-refractivity contribution is -0.118. The van der Waals surface area contributed by atoms with Crippen LogP contribution in [0.1, 0.15) is 43.7 Å². The molecule has 0 unspecified atom stereocenters. The molecule has 7 heteroatoms. The van der Waals surface area contributed by atoms with Gasteiger partial charge >= 0.3 is 0 Å². The molecule has 0 fully saturated rings. The maximum Gasteiger partial charge on any atom is 0.228 e. The number of nitrogens with zero attached hydrogens (tertiary/aromatic N) is 4. The summed E-state index contributed by atoms with van der Waals surface area (Å²) in [4.78, 5) is 22.9. The lowest BCUT2D eigenvalue weighted by Gasteiger charge is -2.37. The molecule has 0 saturated carbocycles. The van der Waals surface area contributed by atoms with Crippen LogP contribution >= 0.6 is 0 Å². The Hall–Kier alpha value is -4.00. The van der Waals surface area contributed by atoms with Crippen LogP contribution in [0.15, 0.2) is 72.3 Å². The molecule has 6 rings (SSSR count). The Kier molecular flexibility index (Phi) is 4.55. The number of fused-ring (bicyclic) bond motifs is 3. The monoisotopic (exact) mass is 452 g/mol. The van der Waals surface area contributed by atoms with Crippen molar-refractivity contribution in [2.75, 3.05) is 7.11 Å². The minimum atomic E-state index is -0.312. The molecular weight excluding hydrogens is 428 g/mol.